The molecule has 0 atom stereocenters. The standard InChI is InChI=1S/C8H14N4O/c1-5(2)12-4-7(9)6(3-11-12)8(10)13/h3,5H,4,9H2,1-2H3,(H2,10,13). The van der Waals surface area contributed by atoms with E-state index in [0.29, 0.717) is 17.8 Å². The molecule has 0 radical (unpaired) electrons. The van der Waals surface area contributed by atoms with Crippen LogP contribution in [-0.4, -0.2) is 29.7 Å². The van der Waals surface area contributed by atoms with Crippen LogP contribution in [-0.2, 0) is 4.79 Å². The highest BCUT2D eigenvalue weighted by Gasteiger charge is 2.17. The molecule has 72 valence electrons. The maximum absolute atomic E-state index is 10.8. The van der Waals surface area contributed by atoms with Crippen LogP contribution >= 0.6 is 0 Å². The van der Waals surface area contributed by atoms with Gasteiger partial charge in [0, 0.05) is 11.7 Å². The van der Waals surface area contributed by atoms with Gasteiger partial charge in [0.15, 0.2) is 0 Å². The number of nitrogens with zero attached hydrogens (tertiary/aromatic N) is 2. The Morgan fingerprint density at radius 1 is 1.69 bits per heavy atom. The van der Waals surface area contributed by atoms with Crippen LogP contribution in [0.5, 0.6) is 0 Å². The van der Waals surface area contributed by atoms with Crippen LogP contribution in [0.1, 0.15) is 13.8 Å². The summed E-state index contributed by atoms with van der Waals surface area (Å²) in [5, 5.41) is 5.85. The molecule has 0 aromatic rings. The molecule has 0 bridgehead atoms. The summed E-state index contributed by atoms with van der Waals surface area (Å²) >= 11 is 0. The van der Waals surface area contributed by atoms with Crippen molar-refractivity contribution in [3.8, 4) is 0 Å². The van der Waals surface area contributed by atoms with Crippen LogP contribution in [0.2, 0.25) is 0 Å². The van der Waals surface area contributed by atoms with Crippen LogP contribution < -0.4 is 11.5 Å². The van der Waals surface area contributed by atoms with E-state index in [9.17, 15) is 4.79 Å². The molecule has 0 saturated carbocycles. The molecule has 1 heterocycles. The van der Waals surface area contributed by atoms with E-state index in [1.54, 1.807) is 5.01 Å². The van der Waals surface area contributed by atoms with E-state index in [2.05, 4.69) is 5.10 Å². The Morgan fingerprint density at radius 2 is 2.31 bits per heavy atom. The van der Waals surface area contributed by atoms with Crippen LogP contribution in [0.15, 0.2) is 16.4 Å². The van der Waals surface area contributed by atoms with E-state index in [1.807, 2.05) is 13.8 Å². The molecule has 0 fully saturated rings. The Labute approximate surface area is 77.1 Å². The van der Waals surface area contributed by atoms with Gasteiger partial charge in [-0.3, -0.25) is 9.80 Å². The van der Waals surface area contributed by atoms with E-state index >= 15 is 0 Å². The van der Waals surface area contributed by atoms with Gasteiger partial charge in [-0.25, -0.2) is 0 Å². The van der Waals surface area contributed by atoms with Crippen LogP contribution in [0.3, 0.4) is 0 Å². The summed E-state index contributed by atoms with van der Waals surface area (Å²) in [5.74, 6) is -0.523. The quantitative estimate of drug-likeness (QED) is 0.597. The van der Waals surface area contributed by atoms with E-state index in [4.69, 9.17) is 11.5 Å². The zero-order valence-corrected chi connectivity index (χ0v) is 7.82. The number of hydrogen-bond acceptors (Lipinski definition) is 4. The number of nitrogens with two attached hydrogens (primary N) is 2. The second-order valence-corrected chi connectivity index (χ2v) is 3.24. The fraction of sp³-hybridized carbons (Fsp3) is 0.500. The number of hydrogen-bond donors (Lipinski definition) is 2. The van der Waals surface area contributed by atoms with Crippen molar-refractivity contribution in [2.75, 3.05) is 6.54 Å². The highest BCUT2D eigenvalue weighted by molar-refractivity contribution is 6.12. The molecule has 5 nitrogen and oxygen atoms in total. The number of primary amides is 1. The molecular weight excluding hydrogens is 168 g/mol. The summed E-state index contributed by atoms with van der Waals surface area (Å²) in [4.78, 5) is 10.8. The Kier molecular flexibility index (Phi) is 2.55. The molecule has 0 saturated heterocycles. The molecule has 0 unspecified atom stereocenters. The third-order valence-corrected chi connectivity index (χ3v) is 1.87. The van der Waals surface area contributed by atoms with Crippen molar-refractivity contribution >= 4 is 12.1 Å². The van der Waals surface area contributed by atoms with Crippen molar-refractivity contribution in [3.63, 3.8) is 0 Å². The number of carbonyl (C=O) groups excluding carboxylic acids is 1. The van der Waals surface area contributed by atoms with Crippen molar-refractivity contribution in [2.24, 2.45) is 16.6 Å². The summed E-state index contributed by atoms with van der Waals surface area (Å²) in [6.45, 7) is 4.46. The van der Waals surface area contributed by atoms with E-state index in [0.717, 1.165) is 0 Å². The molecule has 0 aromatic heterocycles. The van der Waals surface area contributed by atoms with Crippen molar-refractivity contribution in [2.45, 2.75) is 19.9 Å². The molecule has 13 heavy (non-hydrogen) atoms. The van der Waals surface area contributed by atoms with Crippen LogP contribution in [0.4, 0.5) is 0 Å². The molecule has 0 aliphatic carbocycles. The van der Waals surface area contributed by atoms with Gasteiger partial charge in [0.2, 0.25) is 0 Å². The van der Waals surface area contributed by atoms with Gasteiger partial charge in [-0.2, -0.15) is 5.10 Å². The highest BCUT2D eigenvalue weighted by atomic mass is 16.1. The van der Waals surface area contributed by atoms with Crippen LogP contribution in [0.25, 0.3) is 0 Å². The van der Waals surface area contributed by atoms with Gasteiger partial charge in [0.05, 0.1) is 18.3 Å². The Hall–Kier alpha value is -1.52. The number of carbonyl (C=O) groups is 1. The van der Waals surface area contributed by atoms with Crippen molar-refractivity contribution < 1.29 is 4.79 Å². The Bertz CT molecular complexity index is 280. The second-order valence-electron chi connectivity index (χ2n) is 3.24. The van der Waals surface area contributed by atoms with E-state index in [1.165, 1.54) is 6.21 Å². The fourth-order valence-corrected chi connectivity index (χ4v) is 1.05. The van der Waals surface area contributed by atoms with Crippen molar-refractivity contribution in [1.82, 2.24) is 5.01 Å². The predicted octanol–water partition coefficient (Wildman–Crippen LogP) is -0.606. The summed E-state index contributed by atoms with van der Waals surface area (Å²) in [6.07, 6.45) is 1.42. The Balaban J connectivity index is 2.81. The highest BCUT2D eigenvalue weighted by Crippen LogP contribution is 2.09. The summed E-state index contributed by atoms with van der Waals surface area (Å²) in [7, 11) is 0. The van der Waals surface area contributed by atoms with Gasteiger partial charge in [-0.1, -0.05) is 0 Å². The first-order valence-electron chi connectivity index (χ1n) is 4.11. The van der Waals surface area contributed by atoms with Gasteiger partial charge in [-0.15, -0.1) is 0 Å². The number of hydrazone groups is 1. The lowest BCUT2D eigenvalue weighted by molar-refractivity contribution is -0.114. The predicted molar refractivity (Wildman–Crippen MR) is 50.7 cm³/mol. The zero-order chi connectivity index (χ0) is 10.0. The lowest BCUT2D eigenvalue weighted by Crippen LogP contribution is -2.36. The fourth-order valence-electron chi connectivity index (χ4n) is 1.05. The molecule has 1 rings (SSSR count). The number of rotatable bonds is 2. The van der Waals surface area contributed by atoms with Crippen molar-refractivity contribution in [1.29, 1.82) is 0 Å². The summed E-state index contributed by atoms with van der Waals surface area (Å²) in [5.41, 5.74) is 11.5. The average molecular weight is 182 g/mol. The van der Waals surface area contributed by atoms with Gasteiger partial charge in [0.25, 0.3) is 5.91 Å². The molecule has 1 aliphatic rings. The summed E-state index contributed by atoms with van der Waals surface area (Å²) < 4.78 is 0. The van der Waals surface area contributed by atoms with E-state index < -0.39 is 5.91 Å². The normalized spacial score (nSPS) is 17.0. The first-order valence-corrected chi connectivity index (χ1v) is 4.11. The first kappa shape index (κ1) is 9.57. The largest absolute Gasteiger partial charge is 0.400 e. The third-order valence-electron chi connectivity index (χ3n) is 1.87. The van der Waals surface area contributed by atoms with E-state index in [-0.39, 0.29) is 6.04 Å². The minimum absolute atomic E-state index is 0.268. The monoisotopic (exact) mass is 182 g/mol. The van der Waals surface area contributed by atoms with Gasteiger partial charge < -0.3 is 11.5 Å². The second kappa shape index (κ2) is 3.47. The molecule has 0 aromatic carbocycles. The topological polar surface area (TPSA) is 84.7 Å². The molecule has 0 spiro atoms. The van der Waals surface area contributed by atoms with Gasteiger partial charge >= 0.3 is 0 Å². The Morgan fingerprint density at radius 3 is 2.69 bits per heavy atom. The summed E-state index contributed by atoms with van der Waals surface area (Å²) in [6, 6.07) is 0.268. The first-order chi connectivity index (χ1) is 6.02. The molecule has 5 heteroatoms. The average Bonchev–Trinajstić information content (AvgIpc) is 2.03. The van der Waals surface area contributed by atoms with Crippen LogP contribution in [0, 0.1) is 0 Å². The molecule has 4 N–H and O–H groups in total. The maximum Gasteiger partial charge on any atom is 0.252 e. The third kappa shape index (κ3) is 1.99. The number of amides is 1. The minimum Gasteiger partial charge on any atom is -0.400 e. The lowest BCUT2D eigenvalue weighted by Gasteiger charge is -2.26. The zero-order valence-electron chi connectivity index (χ0n) is 7.82. The molecular formula is C8H14N4O. The maximum atomic E-state index is 10.8. The minimum atomic E-state index is -0.523. The molecule has 1 aliphatic heterocycles. The van der Waals surface area contributed by atoms with Gasteiger partial charge in [-0.05, 0) is 13.8 Å². The lowest BCUT2D eigenvalue weighted by atomic mass is 10.2. The smallest absolute Gasteiger partial charge is 0.252 e. The van der Waals surface area contributed by atoms with Gasteiger partial charge in [0.1, 0.15) is 0 Å². The SMILES string of the molecule is CC(C)N1CC(N)=C(C(N)=O)C=N1. The molecule has 1 amide bonds. The van der Waals surface area contributed by atoms with Crippen molar-refractivity contribution in [3.05, 3.63) is 11.3 Å².